The van der Waals surface area contributed by atoms with Crippen LogP contribution in [0, 0.1) is 20.8 Å². The van der Waals surface area contributed by atoms with Gasteiger partial charge in [0.05, 0.1) is 15.9 Å². The fourth-order valence-corrected chi connectivity index (χ4v) is 3.94. The molecular weight excluding hydrogens is 364 g/mol. The highest BCUT2D eigenvalue weighted by Crippen LogP contribution is 2.25. The summed E-state index contributed by atoms with van der Waals surface area (Å²) in [5.74, 6) is 0. The third-order valence-corrected chi connectivity index (χ3v) is 6.36. The van der Waals surface area contributed by atoms with Gasteiger partial charge in [0.1, 0.15) is 6.33 Å². The van der Waals surface area contributed by atoms with Crippen LogP contribution in [0.15, 0.2) is 46.0 Å². The maximum Gasteiger partial charge on any atom is 0.269 e. The van der Waals surface area contributed by atoms with Gasteiger partial charge < -0.3 is 0 Å². The number of hydrogen-bond donors (Lipinski definition) is 0. The lowest BCUT2D eigenvalue weighted by Crippen LogP contribution is -2.12. The van der Waals surface area contributed by atoms with E-state index in [0.29, 0.717) is 11.0 Å². The number of aromatic nitrogens is 2. The Bertz CT molecular complexity index is 991. The Hall–Kier alpha value is -1.66. The highest BCUT2D eigenvalue weighted by Gasteiger charge is 2.20. The summed E-state index contributed by atoms with van der Waals surface area (Å²) < 4.78 is 27.9. The van der Waals surface area contributed by atoms with Gasteiger partial charge in [-0.2, -0.15) is 0 Å². The molecule has 0 aliphatic carbocycles. The van der Waals surface area contributed by atoms with E-state index >= 15 is 0 Å². The largest absolute Gasteiger partial charge is 0.269 e. The molecule has 0 radical (unpaired) electrons. The SMILES string of the molecule is Cc1cc2ncn(S(=O)(=O)c3ccc(Br)c(C)c3)c2cc1C. The molecule has 22 heavy (non-hydrogen) atoms. The topological polar surface area (TPSA) is 52.0 Å². The van der Waals surface area contributed by atoms with E-state index in [1.165, 1.54) is 10.3 Å². The number of hydrogen-bond acceptors (Lipinski definition) is 3. The van der Waals surface area contributed by atoms with Gasteiger partial charge in [0.2, 0.25) is 0 Å². The van der Waals surface area contributed by atoms with Crippen LogP contribution in [0.4, 0.5) is 0 Å². The zero-order valence-electron chi connectivity index (χ0n) is 12.5. The molecule has 0 aliphatic heterocycles. The lowest BCUT2D eigenvalue weighted by atomic mass is 10.1. The van der Waals surface area contributed by atoms with Crippen LogP contribution in [0.5, 0.6) is 0 Å². The number of halogens is 1. The minimum absolute atomic E-state index is 0.255. The predicted octanol–water partition coefficient (Wildman–Crippen LogP) is 3.96. The van der Waals surface area contributed by atoms with E-state index < -0.39 is 10.0 Å². The number of fused-ring (bicyclic) bond motifs is 1. The van der Waals surface area contributed by atoms with E-state index in [1.807, 2.05) is 32.9 Å². The van der Waals surface area contributed by atoms with Crippen LogP contribution in [0.2, 0.25) is 0 Å². The van der Waals surface area contributed by atoms with Gasteiger partial charge in [-0.3, -0.25) is 0 Å². The Labute approximate surface area is 138 Å². The van der Waals surface area contributed by atoms with E-state index in [1.54, 1.807) is 18.2 Å². The van der Waals surface area contributed by atoms with Crippen LogP contribution in [-0.4, -0.2) is 17.4 Å². The fraction of sp³-hybridized carbons (Fsp3) is 0.188. The summed E-state index contributed by atoms with van der Waals surface area (Å²) in [6.45, 7) is 5.81. The van der Waals surface area contributed by atoms with Crippen molar-refractivity contribution in [2.24, 2.45) is 0 Å². The van der Waals surface area contributed by atoms with Crippen molar-refractivity contribution in [3.05, 3.63) is 57.8 Å². The Kier molecular flexibility index (Phi) is 3.61. The van der Waals surface area contributed by atoms with E-state index in [0.717, 1.165) is 21.2 Å². The van der Waals surface area contributed by atoms with Gasteiger partial charge in [-0.1, -0.05) is 15.9 Å². The second kappa shape index (κ2) is 5.21. The predicted molar refractivity (Wildman–Crippen MR) is 90.7 cm³/mol. The molecule has 0 saturated carbocycles. The maximum absolute atomic E-state index is 12.9. The van der Waals surface area contributed by atoms with Gasteiger partial charge in [-0.15, -0.1) is 0 Å². The molecule has 0 saturated heterocycles. The average molecular weight is 379 g/mol. The minimum atomic E-state index is -3.66. The van der Waals surface area contributed by atoms with Gasteiger partial charge in [0.25, 0.3) is 10.0 Å². The van der Waals surface area contributed by atoms with Crippen molar-refractivity contribution >= 4 is 37.0 Å². The molecule has 0 N–H and O–H groups in total. The molecule has 0 amide bonds. The van der Waals surface area contributed by atoms with Crippen molar-refractivity contribution < 1.29 is 8.42 Å². The molecule has 1 aromatic heterocycles. The standard InChI is InChI=1S/C16H15BrN2O2S/c1-10-7-15-16(8-11(10)2)19(9-18-15)22(20,21)13-4-5-14(17)12(3)6-13/h4-9H,1-3H3. The molecule has 0 fully saturated rings. The maximum atomic E-state index is 12.9. The van der Waals surface area contributed by atoms with Crippen molar-refractivity contribution in [1.82, 2.24) is 8.96 Å². The molecular formula is C16H15BrN2O2S. The first-order valence-corrected chi connectivity index (χ1v) is 9.00. The summed E-state index contributed by atoms with van der Waals surface area (Å²) in [4.78, 5) is 4.48. The Morgan fingerprint density at radius 1 is 1.00 bits per heavy atom. The van der Waals surface area contributed by atoms with Crippen molar-refractivity contribution in [2.45, 2.75) is 25.7 Å². The van der Waals surface area contributed by atoms with E-state index in [-0.39, 0.29) is 4.90 Å². The number of rotatable bonds is 2. The van der Waals surface area contributed by atoms with Crippen LogP contribution in [0.25, 0.3) is 11.0 Å². The smallest absolute Gasteiger partial charge is 0.236 e. The number of benzene rings is 2. The van der Waals surface area contributed by atoms with Gasteiger partial charge in [-0.25, -0.2) is 17.4 Å². The van der Waals surface area contributed by atoms with Crippen molar-refractivity contribution in [1.29, 1.82) is 0 Å². The van der Waals surface area contributed by atoms with Crippen molar-refractivity contribution in [3.8, 4) is 0 Å². The summed E-state index contributed by atoms with van der Waals surface area (Å²) in [5.41, 5.74) is 4.28. The summed E-state index contributed by atoms with van der Waals surface area (Å²) in [5, 5.41) is 0. The second-order valence-electron chi connectivity index (χ2n) is 5.38. The zero-order chi connectivity index (χ0) is 16.1. The Morgan fingerprint density at radius 3 is 2.36 bits per heavy atom. The van der Waals surface area contributed by atoms with Crippen LogP contribution in [-0.2, 0) is 10.0 Å². The number of nitrogens with zero attached hydrogens (tertiary/aromatic N) is 2. The average Bonchev–Trinajstić information content (AvgIpc) is 2.85. The number of aryl methyl sites for hydroxylation is 3. The summed E-state index contributed by atoms with van der Waals surface area (Å²) in [7, 11) is -3.66. The Morgan fingerprint density at radius 2 is 1.68 bits per heavy atom. The molecule has 0 spiro atoms. The summed E-state index contributed by atoms with van der Waals surface area (Å²) in [6.07, 6.45) is 1.37. The van der Waals surface area contributed by atoms with Crippen LogP contribution >= 0.6 is 15.9 Å². The third-order valence-electron chi connectivity index (χ3n) is 3.82. The number of imidazole rings is 1. The van der Waals surface area contributed by atoms with Crippen molar-refractivity contribution in [2.75, 3.05) is 0 Å². The molecule has 114 valence electrons. The van der Waals surface area contributed by atoms with Gasteiger partial charge in [0, 0.05) is 4.47 Å². The van der Waals surface area contributed by atoms with Crippen LogP contribution in [0.3, 0.4) is 0 Å². The van der Waals surface area contributed by atoms with E-state index in [9.17, 15) is 8.42 Å². The molecule has 0 bridgehead atoms. The molecule has 2 aromatic carbocycles. The Balaban J connectivity index is 2.25. The minimum Gasteiger partial charge on any atom is -0.236 e. The van der Waals surface area contributed by atoms with Crippen LogP contribution < -0.4 is 0 Å². The second-order valence-corrected chi connectivity index (χ2v) is 8.05. The zero-order valence-corrected chi connectivity index (χ0v) is 14.9. The lowest BCUT2D eigenvalue weighted by molar-refractivity contribution is 0.588. The van der Waals surface area contributed by atoms with Crippen molar-refractivity contribution in [3.63, 3.8) is 0 Å². The third kappa shape index (κ3) is 2.36. The summed E-state index contributed by atoms with van der Waals surface area (Å²) >= 11 is 3.39. The lowest BCUT2D eigenvalue weighted by Gasteiger charge is -2.09. The van der Waals surface area contributed by atoms with E-state index in [4.69, 9.17) is 0 Å². The quantitative estimate of drug-likeness (QED) is 0.677. The van der Waals surface area contributed by atoms with Crippen LogP contribution in [0.1, 0.15) is 16.7 Å². The monoisotopic (exact) mass is 378 g/mol. The van der Waals surface area contributed by atoms with Gasteiger partial charge >= 0.3 is 0 Å². The summed E-state index contributed by atoms with van der Waals surface area (Å²) in [6, 6.07) is 8.77. The molecule has 3 aromatic rings. The van der Waals surface area contributed by atoms with Gasteiger partial charge in [-0.05, 0) is 67.8 Å². The highest BCUT2D eigenvalue weighted by atomic mass is 79.9. The highest BCUT2D eigenvalue weighted by molar-refractivity contribution is 9.10. The normalized spacial score (nSPS) is 12.0. The first kappa shape index (κ1) is 15.2. The van der Waals surface area contributed by atoms with Gasteiger partial charge in [0.15, 0.2) is 0 Å². The molecule has 4 nitrogen and oxygen atoms in total. The molecule has 0 unspecified atom stereocenters. The van der Waals surface area contributed by atoms with E-state index in [2.05, 4.69) is 20.9 Å². The first-order chi connectivity index (χ1) is 10.3. The molecule has 3 rings (SSSR count). The molecule has 1 heterocycles. The first-order valence-electron chi connectivity index (χ1n) is 6.77. The fourth-order valence-electron chi connectivity index (χ4n) is 2.33. The molecule has 0 atom stereocenters. The molecule has 0 aliphatic rings. The molecule has 6 heteroatoms.